The SMILES string of the molecule is O=C(O)c1cccn1Cc1ccc([N+](=O)[O-])cc1. The van der Waals surface area contributed by atoms with Gasteiger partial charge in [0.1, 0.15) is 5.69 Å². The van der Waals surface area contributed by atoms with E-state index in [9.17, 15) is 14.9 Å². The van der Waals surface area contributed by atoms with Crippen LogP contribution in [-0.4, -0.2) is 20.6 Å². The van der Waals surface area contributed by atoms with E-state index in [0.29, 0.717) is 6.54 Å². The summed E-state index contributed by atoms with van der Waals surface area (Å²) in [5.74, 6) is -0.998. The van der Waals surface area contributed by atoms with Crippen LogP contribution < -0.4 is 0 Å². The van der Waals surface area contributed by atoms with E-state index in [1.165, 1.54) is 18.2 Å². The van der Waals surface area contributed by atoms with E-state index in [-0.39, 0.29) is 11.4 Å². The quantitative estimate of drug-likeness (QED) is 0.661. The fraction of sp³-hybridized carbons (Fsp3) is 0.0833. The van der Waals surface area contributed by atoms with E-state index in [0.717, 1.165) is 5.56 Å². The Hall–Kier alpha value is -2.63. The van der Waals surface area contributed by atoms with Crippen LogP contribution in [0.2, 0.25) is 0 Å². The first kappa shape index (κ1) is 11.8. The smallest absolute Gasteiger partial charge is 0.352 e. The van der Waals surface area contributed by atoms with Gasteiger partial charge in [0.25, 0.3) is 5.69 Å². The van der Waals surface area contributed by atoms with Gasteiger partial charge in [-0.25, -0.2) is 4.79 Å². The van der Waals surface area contributed by atoms with Crippen molar-refractivity contribution in [3.63, 3.8) is 0 Å². The normalized spacial score (nSPS) is 10.2. The number of carbonyl (C=O) groups is 1. The summed E-state index contributed by atoms with van der Waals surface area (Å²) in [6.07, 6.45) is 1.66. The minimum absolute atomic E-state index is 0.0183. The zero-order valence-electron chi connectivity index (χ0n) is 9.31. The summed E-state index contributed by atoms with van der Waals surface area (Å²) in [7, 11) is 0. The molecule has 0 bridgehead atoms. The molecule has 0 atom stereocenters. The van der Waals surface area contributed by atoms with E-state index in [1.54, 1.807) is 29.0 Å². The van der Waals surface area contributed by atoms with E-state index < -0.39 is 10.9 Å². The number of rotatable bonds is 4. The second kappa shape index (κ2) is 4.70. The van der Waals surface area contributed by atoms with Crippen molar-refractivity contribution in [2.45, 2.75) is 6.54 Å². The lowest BCUT2D eigenvalue weighted by molar-refractivity contribution is -0.384. The molecule has 0 fully saturated rings. The molecular weight excluding hydrogens is 236 g/mol. The molecule has 1 heterocycles. The van der Waals surface area contributed by atoms with Crippen molar-refractivity contribution in [3.05, 3.63) is 64.0 Å². The number of carboxylic acid groups (broad SMARTS) is 1. The Bertz CT molecular complexity index is 586. The van der Waals surface area contributed by atoms with Crippen molar-refractivity contribution >= 4 is 11.7 Å². The summed E-state index contributed by atoms with van der Waals surface area (Å²) < 4.78 is 1.57. The molecule has 1 N–H and O–H groups in total. The van der Waals surface area contributed by atoms with Gasteiger partial charge in [-0.3, -0.25) is 10.1 Å². The molecule has 0 radical (unpaired) electrons. The predicted octanol–water partition coefficient (Wildman–Crippen LogP) is 2.14. The highest BCUT2D eigenvalue weighted by Gasteiger charge is 2.09. The maximum atomic E-state index is 10.9. The number of hydrogen-bond acceptors (Lipinski definition) is 3. The molecule has 18 heavy (non-hydrogen) atoms. The average molecular weight is 246 g/mol. The molecule has 0 unspecified atom stereocenters. The van der Waals surface area contributed by atoms with Crippen molar-refractivity contribution in [1.82, 2.24) is 4.57 Å². The maximum Gasteiger partial charge on any atom is 0.352 e. The van der Waals surface area contributed by atoms with Crippen LogP contribution in [0.3, 0.4) is 0 Å². The van der Waals surface area contributed by atoms with Crippen molar-refractivity contribution < 1.29 is 14.8 Å². The standard InChI is InChI=1S/C12H10N2O4/c15-12(16)11-2-1-7-13(11)8-9-3-5-10(6-4-9)14(17)18/h1-7H,8H2,(H,15,16). The van der Waals surface area contributed by atoms with Crippen molar-refractivity contribution in [3.8, 4) is 0 Å². The summed E-state index contributed by atoms with van der Waals surface area (Å²) in [5, 5.41) is 19.4. The molecule has 1 aromatic carbocycles. The third-order valence-corrected chi connectivity index (χ3v) is 2.55. The minimum atomic E-state index is -0.998. The van der Waals surface area contributed by atoms with Crippen LogP contribution in [-0.2, 0) is 6.54 Å². The molecule has 1 aromatic heterocycles. The lowest BCUT2D eigenvalue weighted by Gasteiger charge is -2.06. The van der Waals surface area contributed by atoms with E-state index in [2.05, 4.69) is 0 Å². The number of carboxylic acids is 1. The maximum absolute atomic E-state index is 10.9. The van der Waals surface area contributed by atoms with Crippen molar-refractivity contribution in [1.29, 1.82) is 0 Å². The van der Waals surface area contributed by atoms with Crippen LogP contribution in [0.5, 0.6) is 0 Å². The number of aromatic carboxylic acids is 1. The molecule has 6 nitrogen and oxygen atoms in total. The average Bonchev–Trinajstić information content (AvgIpc) is 2.78. The zero-order valence-corrected chi connectivity index (χ0v) is 9.31. The molecule has 0 saturated heterocycles. The Morgan fingerprint density at radius 3 is 2.50 bits per heavy atom. The number of hydrogen-bond donors (Lipinski definition) is 1. The van der Waals surface area contributed by atoms with Gasteiger partial charge in [0.05, 0.1) is 4.92 Å². The van der Waals surface area contributed by atoms with Crippen molar-refractivity contribution in [2.75, 3.05) is 0 Å². The number of nitrogens with zero attached hydrogens (tertiary/aromatic N) is 2. The van der Waals surface area contributed by atoms with E-state index >= 15 is 0 Å². The molecule has 0 spiro atoms. The molecule has 0 aliphatic carbocycles. The fourth-order valence-corrected chi connectivity index (χ4v) is 1.67. The third kappa shape index (κ3) is 2.37. The first-order valence-corrected chi connectivity index (χ1v) is 5.19. The summed E-state index contributed by atoms with van der Waals surface area (Å²) >= 11 is 0. The van der Waals surface area contributed by atoms with Gasteiger partial charge in [0, 0.05) is 24.9 Å². The number of benzene rings is 1. The van der Waals surface area contributed by atoms with Crippen LogP contribution in [0.15, 0.2) is 42.6 Å². The molecule has 0 amide bonds. The molecule has 0 saturated carbocycles. The highest BCUT2D eigenvalue weighted by atomic mass is 16.6. The summed E-state index contributed by atoms with van der Waals surface area (Å²) in [6, 6.07) is 9.19. The van der Waals surface area contributed by atoms with E-state index in [4.69, 9.17) is 5.11 Å². The molecule has 2 aromatic rings. The Kier molecular flexibility index (Phi) is 3.09. The Labute approximate surface area is 102 Å². The van der Waals surface area contributed by atoms with Crippen LogP contribution >= 0.6 is 0 Å². The number of aromatic nitrogens is 1. The Morgan fingerprint density at radius 1 is 1.28 bits per heavy atom. The lowest BCUT2D eigenvalue weighted by atomic mass is 10.2. The second-order valence-corrected chi connectivity index (χ2v) is 3.75. The lowest BCUT2D eigenvalue weighted by Crippen LogP contribution is -2.08. The topological polar surface area (TPSA) is 85.4 Å². The minimum Gasteiger partial charge on any atom is -0.477 e. The summed E-state index contributed by atoms with van der Waals surface area (Å²) in [5.41, 5.74) is 1.01. The fourth-order valence-electron chi connectivity index (χ4n) is 1.67. The molecular formula is C12H10N2O4. The first-order chi connectivity index (χ1) is 8.58. The molecule has 2 rings (SSSR count). The predicted molar refractivity (Wildman–Crippen MR) is 63.6 cm³/mol. The van der Waals surface area contributed by atoms with Gasteiger partial charge >= 0.3 is 5.97 Å². The van der Waals surface area contributed by atoms with E-state index in [1.807, 2.05) is 0 Å². The van der Waals surface area contributed by atoms with Crippen molar-refractivity contribution in [2.24, 2.45) is 0 Å². The highest BCUT2D eigenvalue weighted by molar-refractivity contribution is 5.85. The van der Waals surface area contributed by atoms with Gasteiger partial charge in [0.2, 0.25) is 0 Å². The van der Waals surface area contributed by atoms with Gasteiger partial charge in [-0.05, 0) is 17.7 Å². The van der Waals surface area contributed by atoms with Gasteiger partial charge in [0.15, 0.2) is 0 Å². The van der Waals surface area contributed by atoms with Gasteiger partial charge in [-0.2, -0.15) is 0 Å². The first-order valence-electron chi connectivity index (χ1n) is 5.19. The summed E-state index contributed by atoms with van der Waals surface area (Å²) in [4.78, 5) is 20.9. The molecule has 0 aliphatic heterocycles. The van der Waals surface area contributed by atoms with Crippen LogP contribution in [0, 0.1) is 10.1 Å². The number of nitro benzene ring substituents is 1. The van der Waals surface area contributed by atoms with Gasteiger partial charge in [-0.1, -0.05) is 12.1 Å². The third-order valence-electron chi connectivity index (χ3n) is 2.55. The van der Waals surface area contributed by atoms with Crippen LogP contribution in [0.4, 0.5) is 5.69 Å². The number of non-ortho nitro benzene ring substituents is 1. The molecule has 0 aliphatic rings. The van der Waals surface area contributed by atoms with Crippen LogP contribution in [0.25, 0.3) is 0 Å². The second-order valence-electron chi connectivity index (χ2n) is 3.75. The number of nitro groups is 1. The largest absolute Gasteiger partial charge is 0.477 e. The van der Waals surface area contributed by atoms with Gasteiger partial charge < -0.3 is 9.67 Å². The Morgan fingerprint density at radius 2 is 1.94 bits per heavy atom. The molecule has 92 valence electrons. The highest BCUT2D eigenvalue weighted by Crippen LogP contribution is 2.14. The molecule has 6 heteroatoms. The monoisotopic (exact) mass is 246 g/mol. The van der Waals surface area contributed by atoms with Crippen LogP contribution in [0.1, 0.15) is 16.1 Å². The summed E-state index contributed by atoms with van der Waals surface area (Å²) in [6.45, 7) is 0.368. The Balaban J connectivity index is 2.21. The van der Waals surface area contributed by atoms with Gasteiger partial charge in [-0.15, -0.1) is 0 Å². The zero-order chi connectivity index (χ0) is 13.1.